The SMILES string of the molecule is CC(C)(C)OC(=O)N1CCC[C@H]1c1cc(-c2ccc(-c3ccc(-c4cnc([C@@H]5CCCN5C(=O)OC(C)(C)C)[nH]4)cc3)cc2)n[nH]1. The normalized spacial score (nSPS) is 18.7. The maximum absolute atomic E-state index is 12.8. The number of carbonyl (C=O) groups excluding carboxylic acids is 2. The Hall–Kier alpha value is -4.60. The molecule has 6 rings (SSSR count). The number of amides is 2. The summed E-state index contributed by atoms with van der Waals surface area (Å²) in [5.41, 5.74) is 5.84. The molecule has 10 nitrogen and oxygen atoms in total. The summed E-state index contributed by atoms with van der Waals surface area (Å²) in [7, 11) is 0. The van der Waals surface area contributed by atoms with Gasteiger partial charge in [0.1, 0.15) is 17.0 Å². The Bertz CT molecular complexity index is 1550. The van der Waals surface area contributed by atoms with E-state index < -0.39 is 11.2 Å². The van der Waals surface area contributed by atoms with Crippen LogP contribution in [-0.2, 0) is 9.47 Å². The Labute approximate surface area is 270 Å². The molecular weight excluding hydrogens is 580 g/mol. The molecule has 0 spiro atoms. The molecule has 4 heterocycles. The topological polar surface area (TPSA) is 116 Å². The molecule has 10 heteroatoms. The largest absolute Gasteiger partial charge is 0.444 e. The van der Waals surface area contributed by atoms with Crippen molar-refractivity contribution in [3.8, 4) is 33.6 Å². The van der Waals surface area contributed by atoms with Gasteiger partial charge in [0.25, 0.3) is 0 Å². The van der Waals surface area contributed by atoms with Gasteiger partial charge in [0.05, 0.1) is 35.4 Å². The molecule has 2 aromatic heterocycles. The van der Waals surface area contributed by atoms with Crippen molar-refractivity contribution in [2.24, 2.45) is 0 Å². The van der Waals surface area contributed by atoms with Crippen LogP contribution in [0.5, 0.6) is 0 Å². The third kappa shape index (κ3) is 6.95. The van der Waals surface area contributed by atoms with E-state index in [1.165, 1.54) is 0 Å². The first-order valence-corrected chi connectivity index (χ1v) is 16.2. The molecule has 2 aromatic carbocycles. The van der Waals surface area contributed by atoms with Crippen LogP contribution in [0, 0.1) is 0 Å². The highest BCUT2D eigenvalue weighted by molar-refractivity contribution is 5.73. The van der Waals surface area contributed by atoms with Gasteiger partial charge in [-0.2, -0.15) is 5.10 Å². The van der Waals surface area contributed by atoms with Gasteiger partial charge in [0, 0.05) is 18.7 Å². The lowest BCUT2D eigenvalue weighted by Crippen LogP contribution is -2.36. The summed E-state index contributed by atoms with van der Waals surface area (Å²) in [6.07, 6.45) is 4.83. The number of imidazole rings is 1. The standard InChI is InChI=1S/C36H44N6O4/c1-35(2,3)45-33(43)41-19-7-9-30(41)28-21-27(39-40-28)25-15-11-23(12-16-25)24-13-17-26(18-14-24)29-22-37-32(38-29)31-10-8-20-42(31)34(44)46-36(4,5)6/h11-18,21-22,30-31H,7-10,19-20H2,1-6H3,(H,37,38)(H,39,40)/t30-,31-/m0/s1. The Morgan fingerprint density at radius 1 is 0.739 bits per heavy atom. The van der Waals surface area contributed by atoms with Crippen molar-refractivity contribution in [1.82, 2.24) is 30.0 Å². The zero-order valence-electron chi connectivity index (χ0n) is 27.6. The van der Waals surface area contributed by atoms with Crippen LogP contribution >= 0.6 is 0 Å². The Morgan fingerprint density at radius 3 is 1.80 bits per heavy atom. The maximum Gasteiger partial charge on any atom is 0.410 e. The van der Waals surface area contributed by atoms with Crippen LogP contribution in [0.4, 0.5) is 9.59 Å². The van der Waals surface area contributed by atoms with E-state index in [-0.39, 0.29) is 24.3 Å². The number of H-pyrrole nitrogens is 2. The minimum Gasteiger partial charge on any atom is -0.444 e. The van der Waals surface area contributed by atoms with Crippen LogP contribution in [0.2, 0.25) is 0 Å². The molecule has 46 heavy (non-hydrogen) atoms. The average Bonchev–Trinajstić information content (AvgIpc) is 3.82. The van der Waals surface area contributed by atoms with Crippen molar-refractivity contribution < 1.29 is 19.1 Å². The van der Waals surface area contributed by atoms with Gasteiger partial charge in [-0.05, 0) is 90.0 Å². The second-order valence-corrected chi connectivity index (χ2v) is 14.2. The van der Waals surface area contributed by atoms with E-state index in [1.807, 2.05) is 53.8 Å². The molecule has 0 bridgehead atoms. The average molecular weight is 625 g/mol. The first kappa shape index (κ1) is 31.4. The Balaban J connectivity index is 1.11. The number of aromatic amines is 2. The summed E-state index contributed by atoms with van der Waals surface area (Å²) >= 11 is 0. The molecule has 0 unspecified atom stereocenters. The molecule has 0 radical (unpaired) electrons. The number of ether oxygens (including phenoxy) is 2. The molecule has 0 saturated carbocycles. The van der Waals surface area contributed by atoms with Crippen LogP contribution in [0.3, 0.4) is 0 Å². The molecular formula is C36H44N6O4. The number of benzene rings is 2. The number of nitrogens with zero attached hydrogens (tertiary/aromatic N) is 4. The number of likely N-dealkylation sites (tertiary alicyclic amines) is 2. The predicted molar refractivity (Wildman–Crippen MR) is 177 cm³/mol. The Kier molecular flexibility index (Phi) is 8.39. The number of carbonyl (C=O) groups is 2. The minimum atomic E-state index is -0.537. The molecule has 2 N–H and O–H groups in total. The summed E-state index contributed by atoms with van der Waals surface area (Å²) in [5, 5.41) is 7.73. The van der Waals surface area contributed by atoms with Crippen molar-refractivity contribution in [2.75, 3.05) is 13.1 Å². The van der Waals surface area contributed by atoms with Gasteiger partial charge in [-0.1, -0.05) is 48.5 Å². The van der Waals surface area contributed by atoms with Crippen LogP contribution in [0.15, 0.2) is 60.8 Å². The van der Waals surface area contributed by atoms with Crippen LogP contribution in [-0.4, -0.2) is 66.4 Å². The number of hydrogen-bond acceptors (Lipinski definition) is 6. The van der Waals surface area contributed by atoms with Crippen LogP contribution < -0.4 is 0 Å². The predicted octanol–water partition coefficient (Wildman–Crippen LogP) is 8.28. The lowest BCUT2D eigenvalue weighted by Gasteiger charge is -2.28. The molecule has 2 aliphatic heterocycles. The molecule has 2 atom stereocenters. The zero-order valence-corrected chi connectivity index (χ0v) is 27.6. The fraction of sp³-hybridized carbons (Fsp3) is 0.444. The number of nitrogens with one attached hydrogen (secondary N) is 2. The molecule has 2 amide bonds. The van der Waals surface area contributed by atoms with E-state index in [4.69, 9.17) is 9.47 Å². The second-order valence-electron chi connectivity index (χ2n) is 14.2. The molecule has 2 aliphatic rings. The summed E-state index contributed by atoms with van der Waals surface area (Å²) in [6, 6.07) is 18.6. The van der Waals surface area contributed by atoms with Crippen molar-refractivity contribution in [3.63, 3.8) is 0 Å². The highest BCUT2D eigenvalue weighted by Gasteiger charge is 2.36. The third-order valence-corrected chi connectivity index (χ3v) is 8.34. The monoisotopic (exact) mass is 624 g/mol. The second kappa shape index (κ2) is 12.3. The molecule has 2 fully saturated rings. The fourth-order valence-corrected chi connectivity index (χ4v) is 6.20. The third-order valence-electron chi connectivity index (χ3n) is 8.34. The number of rotatable bonds is 5. The van der Waals surface area contributed by atoms with E-state index >= 15 is 0 Å². The van der Waals surface area contributed by atoms with Crippen LogP contribution in [0.1, 0.15) is 90.8 Å². The van der Waals surface area contributed by atoms with E-state index in [9.17, 15) is 9.59 Å². The van der Waals surface area contributed by atoms with Gasteiger partial charge in [-0.25, -0.2) is 14.6 Å². The molecule has 4 aromatic rings. The van der Waals surface area contributed by atoms with E-state index in [0.717, 1.165) is 70.8 Å². The van der Waals surface area contributed by atoms with Gasteiger partial charge in [-0.15, -0.1) is 0 Å². The summed E-state index contributed by atoms with van der Waals surface area (Å²) in [6.45, 7) is 12.6. The van der Waals surface area contributed by atoms with Crippen molar-refractivity contribution >= 4 is 12.2 Å². The maximum atomic E-state index is 12.8. The lowest BCUT2D eigenvalue weighted by atomic mass is 10.0. The summed E-state index contributed by atoms with van der Waals surface area (Å²) < 4.78 is 11.3. The molecule has 0 aliphatic carbocycles. The minimum absolute atomic E-state index is 0.0677. The molecule has 2 saturated heterocycles. The lowest BCUT2D eigenvalue weighted by molar-refractivity contribution is 0.0209. The van der Waals surface area contributed by atoms with Crippen molar-refractivity contribution in [3.05, 3.63) is 72.3 Å². The smallest absolute Gasteiger partial charge is 0.410 e. The Morgan fingerprint density at radius 2 is 1.24 bits per heavy atom. The highest BCUT2D eigenvalue weighted by atomic mass is 16.6. The van der Waals surface area contributed by atoms with Crippen molar-refractivity contribution in [2.45, 2.75) is 90.5 Å². The zero-order chi connectivity index (χ0) is 32.6. The highest BCUT2D eigenvalue weighted by Crippen LogP contribution is 2.35. The number of hydrogen-bond donors (Lipinski definition) is 2. The quantitative estimate of drug-likeness (QED) is 0.231. The van der Waals surface area contributed by atoms with Gasteiger partial charge < -0.3 is 14.5 Å². The number of aromatic nitrogens is 4. The van der Waals surface area contributed by atoms with Gasteiger partial charge in [-0.3, -0.25) is 14.9 Å². The van der Waals surface area contributed by atoms with Gasteiger partial charge in [0.15, 0.2) is 0 Å². The summed E-state index contributed by atoms with van der Waals surface area (Å²) in [5.74, 6) is 0.782. The van der Waals surface area contributed by atoms with E-state index in [2.05, 4.69) is 68.7 Å². The van der Waals surface area contributed by atoms with E-state index in [0.29, 0.717) is 13.1 Å². The van der Waals surface area contributed by atoms with Crippen LogP contribution in [0.25, 0.3) is 33.6 Å². The summed E-state index contributed by atoms with van der Waals surface area (Å²) in [4.78, 5) is 37.2. The van der Waals surface area contributed by atoms with Gasteiger partial charge >= 0.3 is 12.2 Å². The first-order valence-electron chi connectivity index (χ1n) is 16.2. The fourth-order valence-electron chi connectivity index (χ4n) is 6.20. The first-order chi connectivity index (χ1) is 21.8. The van der Waals surface area contributed by atoms with Gasteiger partial charge in [0.2, 0.25) is 0 Å². The molecule has 242 valence electrons. The van der Waals surface area contributed by atoms with Crippen molar-refractivity contribution in [1.29, 1.82) is 0 Å². The van der Waals surface area contributed by atoms with E-state index in [1.54, 1.807) is 9.80 Å².